The number of nitrogens with one attached hydrogen (secondary N) is 1. The van der Waals surface area contributed by atoms with Gasteiger partial charge in [-0.15, -0.1) is 0 Å². The Morgan fingerprint density at radius 1 is 1.25 bits per heavy atom. The Morgan fingerprint density at radius 2 is 2.00 bits per heavy atom. The van der Waals surface area contributed by atoms with Gasteiger partial charge >= 0.3 is 0 Å². The Morgan fingerprint density at radius 3 is 2.67 bits per heavy atom. The predicted octanol–water partition coefficient (Wildman–Crippen LogP) is 2.30. The number of nitrogens with two attached hydrogens (primary N) is 1. The maximum atomic E-state index is 13.1. The molecule has 0 radical (unpaired) electrons. The van der Waals surface area contributed by atoms with Gasteiger partial charge in [0.15, 0.2) is 0 Å². The summed E-state index contributed by atoms with van der Waals surface area (Å²) < 4.78 is 18.8. The number of ether oxygens (including phenoxy) is 1. The van der Waals surface area contributed by atoms with Crippen molar-refractivity contribution in [2.75, 3.05) is 27.2 Å². The third-order valence-electron chi connectivity index (χ3n) is 3.55. The molecule has 0 spiro atoms. The molecule has 0 aliphatic carbocycles. The Balaban J connectivity index is 1.77. The fourth-order valence-corrected chi connectivity index (χ4v) is 2.22. The van der Waals surface area contributed by atoms with E-state index >= 15 is 0 Å². The van der Waals surface area contributed by atoms with Crippen LogP contribution in [0, 0.1) is 5.82 Å². The van der Waals surface area contributed by atoms with Crippen molar-refractivity contribution >= 4 is 0 Å². The van der Waals surface area contributed by atoms with Gasteiger partial charge in [0.2, 0.25) is 0 Å². The molecule has 6 heteroatoms. The number of nitrogens with zero attached hydrogens (tertiary/aromatic N) is 2. The van der Waals surface area contributed by atoms with Gasteiger partial charge in [0.05, 0.1) is 19.0 Å². The number of rotatable bonds is 9. The molecule has 2 rings (SSSR count). The monoisotopic (exact) mass is 332 g/mol. The third kappa shape index (κ3) is 6.23. The first-order valence-electron chi connectivity index (χ1n) is 8.00. The SMILES string of the molecule is CN(C)CCCOc1ccc(CNC(N)c2cncc(F)c2)cc1. The molecule has 1 aromatic heterocycles. The second kappa shape index (κ2) is 9.32. The summed E-state index contributed by atoms with van der Waals surface area (Å²) in [6, 6.07) is 9.26. The minimum Gasteiger partial charge on any atom is -0.494 e. The summed E-state index contributed by atoms with van der Waals surface area (Å²) in [5, 5.41) is 3.15. The van der Waals surface area contributed by atoms with Gasteiger partial charge < -0.3 is 15.4 Å². The molecule has 0 saturated heterocycles. The lowest BCUT2D eigenvalue weighted by Crippen LogP contribution is -2.28. The van der Waals surface area contributed by atoms with Gasteiger partial charge in [0, 0.05) is 24.8 Å². The van der Waals surface area contributed by atoms with E-state index in [-0.39, 0.29) is 5.82 Å². The van der Waals surface area contributed by atoms with Crippen LogP contribution in [0.25, 0.3) is 0 Å². The zero-order valence-corrected chi connectivity index (χ0v) is 14.2. The zero-order chi connectivity index (χ0) is 17.4. The molecule has 1 atom stereocenters. The van der Waals surface area contributed by atoms with Crippen molar-refractivity contribution in [3.8, 4) is 5.75 Å². The van der Waals surface area contributed by atoms with Crippen LogP contribution < -0.4 is 15.8 Å². The van der Waals surface area contributed by atoms with Crippen LogP contribution in [0.3, 0.4) is 0 Å². The van der Waals surface area contributed by atoms with E-state index in [2.05, 4.69) is 15.2 Å². The topological polar surface area (TPSA) is 63.4 Å². The molecular formula is C18H25FN4O. The summed E-state index contributed by atoms with van der Waals surface area (Å²) in [6.45, 7) is 2.29. The van der Waals surface area contributed by atoms with Gasteiger partial charge in [0.25, 0.3) is 0 Å². The van der Waals surface area contributed by atoms with Gasteiger partial charge in [0.1, 0.15) is 11.6 Å². The molecular weight excluding hydrogens is 307 g/mol. The van der Waals surface area contributed by atoms with Gasteiger partial charge in [-0.3, -0.25) is 10.3 Å². The van der Waals surface area contributed by atoms with Crippen molar-refractivity contribution in [3.63, 3.8) is 0 Å². The summed E-state index contributed by atoms with van der Waals surface area (Å²) in [7, 11) is 4.10. The van der Waals surface area contributed by atoms with Crippen molar-refractivity contribution in [2.45, 2.75) is 19.1 Å². The van der Waals surface area contributed by atoms with Crippen molar-refractivity contribution < 1.29 is 9.13 Å². The number of benzene rings is 1. The maximum Gasteiger partial charge on any atom is 0.141 e. The van der Waals surface area contributed by atoms with E-state index in [9.17, 15) is 4.39 Å². The lowest BCUT2D eigenvalue weighted by atomic mass is 10.2. The normalized spacial score (nSPS) is 12.4. The molecule has 0 aliphatic heterocycles. The van der Waals surface area contributed by atoms with Gasteiger partial charge in [-0.2, -0.15) is 0 Å². The molecule has 5 nitrogen and oxygen atoms in total. The lowest BCUT2D eigenvalue weighted by molar-refractivity contribution is 0.281. The third-order valence-corrected chi connectivity index (χ3v) is 3.55. The highest BCUT2D eigenvalue weighted by molar-refractivity contribution is 5.27. The van der Waals surface area contributed by atoms with Gasteiger partial charge in [-0.05, 0) is 44.3 Å². The lowest BCUT2D eigenvalue weighted by Gasteiger charge is -2.14. The molecule has 24 heavy (non-hydrogen) atoms. The number of pyridine rings is 1. The number of halogens is 1. The van der Waals surface area contributed by atoms with E-state index in [1.54, 1.807) is 6.20 Å². The molecule has 0 aliphatic rings. The second-order valence-corrected chi connectivity index (χ2v) is 5.94. The molecule has 1 aromatic carbocycles. The molecule has 3 N–H and O–H groups in total. The van der Waals surface area contributed by atoms with E-state index in [4.69, 9.17) is 10.5 Å². The van der Waals surface area contributed by atoms with Crippen molar-refractivity contribution in [1.29, 1.82) is 0 Å². The molecule has 1 unspecified atom stereocenters. The smallest absolute Gasteiger partial charge is 0.141 e. The van der Waals surface area contributed by atoms with Crippen LogP contribution in [0.5, 0.6) is 5.75 Å². The molecule has 0 fully saturated rings. The minimum absolute atomic E-state index is 0.388. The van der Waals surface area contributed by atoms with Gasteiger partial charge in [-0.25, -0.2) is 4.39 Å². The van der Waals surface area contributed by atoms with E-state index in [0.717, 1.165) is 30.5 Å². The van der Waals surface area contributed by atoms with Crippen LogP contribution in [0.4, 0.5) is 4.39 Å². The quantitative estimate of drug-likeness (QED) is 0.545. The average molecular weight is 332 g/mol. The summed E-state index contributed by atoms with van der Waals surface area (Å²) in [4.78, 5) is 5.94. The van der Waals surface area contributed by atoms with Crippen LogP contribution in [-0.4, -0.2) is 37.1 Å². The molecule has 1 heterocycles. The molecule has 0 saturated carbocycles. The van der Waals surface area contributed by atoms with Crippen LogP contribution >= 0.6 is 0 Å². The first kappa shape index (κ1) is 18.3. The van der Waals surface area contributed by atoms with E-state index in [1.165, 1.54) is 6.07 Å². The number of hydrogen-bond acceptors (Lipinski definition) is 5. The maximum absolute atomic E-state index is 13.1. The van der Waals surface area contributed by atoms with E-state index in [1.807, 2.05) is 38.4 Å². The zero-order valence-electron chi connectivity index (χ0n) is 14.2. The fourth-order valence-electron chi connectivity index (χ4n) is 2.22. The van der Waals surface area contributed by atoms with Crippen LogP contribution in [0.1, 0.15) is 23.7 Å². The fraction of sp³-hybridized carbons (Fsp3) is 0.389. The summed E-state index contributed by atoms with van der Waals surface area (Å²) in [5.41, 5.74) is 7.70. The van der Waals surface area contributed by atoms with Gasteiger partial charge in [-0.1, -0.05) is 12.1 Å². The van der Waals surface area contributed by atoms with Crippen molar-refractivity contribution in [2.24, 2.45) is 5.73 Å². The molecule has 130 valence electrons. The Bertz CT molecular complexity index is 619. The first-order chi connectivity index (χ1) is 11.5. The minimum atomic E-state index is -0.463. The molecule has 0 bridgehead atoms. The largest absolute Gasteiger partial charge is 0.494 e. The number of aromatic nitrogens is 1. The Hall–Kier alpha value is -2.02. The molecule has 2 aromatic rings. The predicted molar refractivity (Wildman–Crippen MR) is 93.1 cm³/mol. The van der Waals surface area contributed by atoms with Crippen LogP contribution in [0.2, 0.25) is 0 Å². The highest BCUT2D eigenvalue weighted by Gasteiger charge is 2.07. The summed E-state index contributed by atoms with van der Waals surface area (Å²) in [5.74, 6) is 0.469. The van der Waals surface area contributed by atoms with Crippen molar-refractivity contribution in [1.82, 2.24) is 15.2 Å². The van der Waals surface area contributed by atoms with E-state index < -0.39 is 6.17 Å². The first-order valence-corrected chi connectivity index (χ1v) is 8.00. The van der Waals surface area contributed by atoms with Crippen LogP contribution in [0.15, 0.2) is 42.7 Å². The Labute approximate surface area is 142 Å². The molecule has 0 amide bonds. The average Bonchev–Trinajstić information content (AvgIpc) is 2.57. The van der Waals surface area contributed by atoms with Crippen molar-refractivity contribution in [3.05, 3.63) is 59.7 Å². The highest BCUT2D eigenvalue weighted by Crippen LogP contribution is 2.14. The standard InChI is InChI=1S/C18H25FN4O/c1-23(2)8-3-9-24-17-6-4-14(5-7-17)11-22-18(20)15-10-16(19)13-21-12-15/h4-7,10,12-13,18,22H,3,8-9,11,20H2,1-2H3. The highest BCUT2D eigenvalue weighted by atomic mass is 19.1. The van der Waals surface area contributed by atoms with Crippen LogP contribution in [-0.2, 0) is 6.54 Å². The van der Waals surface area contributed by atoms with E-state index in [0.29, 0.717) is 18.7 Å². The second-order valence-electron chi connectivity index (χ2n) is 5.94. The Kier molecular flexibility index (Phi) is 7.11. The number of hydrogen-bond donors (Lipinski definition) is 2. The summed E-state index contributed by atoms with van der Waals surface area (Å²) in [6.07, 6.45) is 3.25. The summed E-state index contributed by atoms with van der Waals surface area (Å²) >= 11 is 0.